The van der Waals surface area contributed by atoms with Crippen LogP contribution < -0.4 is 4.74 Å². The van der Waals surface area contributed by atoms with Gasteiger partial charge in [0.05, 0.1) is 7.11 Å². The van der Waals surface area contributed by atoms with Gasteiger partial charge in [-0.2, -0.15) is 0 Å². The van der Waals surface area contributed by atoms with E-state index in [4.69, 9.17) is 4.74 Å². The number of aromatic nitrogens is 1. The van der Waals surface area contributed by atoms with E-state index in [-0.39, 0.29) is 0 Å². The van der Waals surface area contributed by atoms with Crippen LogP contribution in [0.15, 0.2) is 42.7 Å². The maximum Gasteiger partial charge on any atom is 0.315 e. The highest BCUT2D eigenvalue weighted by Crippen LogP contribution is 2.28. The monoisotopic (exact) mass is 257 g/mol. The van der Waals surface area contributed by atoms with Crippen LogP contribution in [0.1, 0.15) is 22.6 Å². The summed E-state index contributed by atoms with van der Waals surface area (Å²) in [6.45, 7) is 1.90. The molecule has 1 N–H and O–H groups in total. The van der Waals surface area contributed by atoms with Crippen LogP contribution in [0.25, 0.3) is 0 Å². The minimum atomic E-state index is -0.879. The molecule has 2 rings (SSSR count). The zero-order chi connectivity index (χ0) is 13.8. The Balaban J connectivity index is 2.46. The van der Waals surface area contributed by atoms with Gasteiger partial charge >= 0.3 is 5.97 Å². The Morgan fingerprint density at radius 2 is 1.89 bits per heavy atom. The molecule has 2 aromatic rings. The summed E-state index contributed by atoms with van der Waals surface area (Å²) in [6.07, 6.45) is 3.20. The van der Waals surface area contributed by atoms with Crippen LogP contribution in [0, 0.1) is 6.92 Å². The van der Waals surface area contributed by atoms with E-state index in [9.17, 15) is 9.90 Å². The second-order valence-electron chi connectivity index (χ2n) is 4.28. The van der Waals surface area contributed by atoms with E-state index >= 15 is 0 Å². The highest BCUT2D eigenvalue weighted by Gasteiger charge is 2.22. The molecule has 98 valence electrons. The molecule has 0 bridgehead atoms. The molecule has 1 aromatic carbocycles. The number of hydrogen-bond acceptors (Lipinski definition) is 3. The molecular weight excluding hydrogens is 242 g/mol. The predicted molar refractivity (Wildman–Crippen MR) is 71.4 cm³/mol. The zero-order valence-corrected chi connectivity index (χ0v) is 10.8. The number of methoxy groups -OCH3 is 1. The van der Waals surface area contributed by atoms with Gasteiger partial charge in [-0.15, -0.1) is 0 Å². The number of pyridine rings is 1. The first-order chi connectivity index (χ1) is 9.13. The first kappa shape index (κ1) is 13.1. The van der Waals surface area contributed by atoms with Crippen molar-refractivity contribution in [3.63, 3.8) is 0 Å². The molecule has 1 heterocycles. The summed E-state index contributed by atoms with van der Waals surface area (Å²) in [5.74, 6) is -0.814. The van der Waals surface area contributed by atoms with Crippen LogP contribution in [0.2, 0.25) is 0 Å². The molecule has 1 atom stereocenters. The van der Waals surface area contributed by atoms with Gasteiger partial charge in [0.25, 0.3) is 0 Å². The number of carboxylic acid groups (broad SMARTS) is 1. The lowest BCUT2D eigenvalue weighted by atomic mass is 9.91. The summed E-state index contributed by atoms with van der Waals surface area (Å²) in [6, 6.07) is 8.86. The molecule has 0 saturated heterocycles. The van der Waals surface area contributed by atoms with E-state index in [1.165, 1.54) is 0 Å². The SMILES string of the molecule is COc1ccc(C(C(=O)O)c2ccncc2)cc1C. The number of nitrogens with zero attached hydrogens (tertiary/aromatic N) is 1. The molecule has 0 amide bonds. The lowest BCUT2D eigenvalue weighted by Gasteiger charge is -2.15. The molecule has 0 radical (unpaired) electrons. The summed E-state index contributed by atoms with van der Waals surface area (Å²) < 4.78 is 5.19. The number of benzene rings is 1. The minimum absolute atomic E-state index is 0.687. The Morgan fingerprint density at radius 3 is 2.42 bits per heavy atom. The van der Waals surface area contributed by atoms with Crippen molar-refractivity contribution in [2.24, 2.45) is 0 Å². The van der Waals surface area contributed by atoms with Gasteiger partial charge in [0.15, 0.2) is 0 Å². The Morgan fingerprint density at radius 1 is 1.21 bits per heavy atom. The molecule has 0 fully saturated rings. The molecule has 0 saturated carbocycles. The van der Waals surface area contributed by atoms with Crippen LogP contribution in [0.4, 0.5) is 0 Å². The van der Waals surface area contributed by atoms with Gasteiger partial charge in [-0.25, -0.2) is 0 Å². The fraction of sp³-hybridized carbons (Fsp3) is 0.200. The van der Waals surface area contributed by atoms with Crippen molar-refractivity contribution in [3.05, 3.63) is 59.4 Å². The Hall–Kier alpha value is -2.36. The van der Waals surface area contributed by atoms with Gasteiger partial charge in [-0.1, -0.05) is 12.1 Å². The highest BCUT2D eigenvalue weighted by molar-refractivity contribution is 5.80. The largest absolute Gasteiger partial charge is 0.496 e. The molecule has 0 spiro atoms. The molecule has 0 aliphatic rings. The second-order valence-corrected chi connectivity index (χ2v) is 4.28. The lowest BCUT2D eigenvalue weighted by Crippen LogP contribution is -2.13. The third-order valence-corrected chi connectivity index (χ3v) is 3.04. The Labute approximate surface area is 111 Å². The first-order valence-electron chi connectivity index (χ1n) is 5.90. The second kappa shape index (κ2) is 5.52. The van der Waals surface area contributed by atoms with E-state index in [0.717, 1.165) is 16.9 Å². The van der Waals surface area contributed by atoms with Crippen molar-refractivity contribution >= 4 is 5.97 Å². The lowest BCUT2D eigenvalue weighted by molar-refractivity contribution is -0.137. The van der Waals surface area contributed by atoms with Gasteiger partial charge in [0, 0.05) is 12.4 Å². The third kappa shape index (κ3) is 2.73. The quantitative estimate of drug-likeness (QED) is 0.914. The van der Waals surface area contributed by atoms with Crippen LogP contribution in [0.5, 0.6) is 5.75 Å². The van der Waals surface area contributed by atoms with Crippen LogP contribution in [-0.2, 0) is 4.79 Å². The van der Waals surface area contributed by atoms with Gasteiger partial charge in [0.1, 0.15) is 11.7 Å². The summed E-state index contributed by atoms with van der Waals surface area (Å²) >= 11 is 0. The minimum Gasteiger partial charge on any atom is -0.496 e. The molecule has 0 aliphatic carbocycles. The normalized spacial score (nSPS) is 11.9. The molecule has 1 aromatic heterocycles. The molecule has 4 nitrogen and oxygen atoms in total. The maximum absolute atomic E-state index is 11.5. The van der Waals surface area contributed by atoms with Crippen molar-refractivity contribution in [1.29, 1.82) is 0 Å². The summed E-state index contributed by atoms with van der Waals surface area (Å²) in [5, 5.41) is 9.45. The van der Waals surface area contributed by atoms with E-state index in [2.05, 4.69) is 4.98 Å². The van der Waals surface area contributed by atoms with Gasteiger partial charge in [0.2, 0.25) is 0 Å². The van der Waals surface area contributed by atoms with Crippen molar-refractivity contribution in [2.75, 3.05) is 7.11 Å². The molecular formula is C15H15NO3. The van der Waals surface area contributed by atoms with Crippen molar-refractivity contribution in [2.45, 2.75) is 12.8 Å². The van der Waals surface area contributed by atoms with Crippen molar-refractivity contribution in [1.82, 2.24) is 4.98 Å². The van der Waals surface area contributed by atoms with Crippen LogP contribution in [0.3, 0.4) is 0 Å². The molecule has 4 heteroatoms. The van der Waals surface area contributed by atoms with Crippen LogP contribution in [-0.4, -0.2) is 23.2 Å². The van der Waals surface area contributed by atoms with E-state index in [0.29, 0.717) is 5.56 Å². The van der Waals surface area contributed by atoms with Gasteiger partial charge in [-0.3, -0.25) is 9.78 Å². The standard InChI is InChI=1S/C15H15NO3/c1-10-9-12(3-4-13(10)19-2)14(15(17)18)11-5-7-16-8-6-11/h3-9,14H,1-2H3,(H,17,18). The summed E-state index contributed by atoms with van der Waals surface area (Å²) in [5.41, 5.74) is 2.37. The average molecular weight is 257 g/mol. The predicted octanol–water partition coefficient (Wildman–Crippen LogP) is 2.62. The number of aryl methyl sites for hydroxylation is 1. The average Bonchev–Trinajstić information content (AvgIpc) is 2.40. The van der Waals surface area contributed by atoms with Crippen LogP contribution >= 0.6 is 0 Å². The smallest absolute Gasteiger partial charge is 0.315 e. The first-order valence-corrected chi connectivity index (χ1v) is 5.90. The molecule has 19 heavy (non-hydrogen) atoms. The van der Waals surface area contributed by atoms with E-state index in [1.807, 2.05) is 13.0 Å². The zero-order valence-electron chi connectivity index (χ0n) is 10.8. The summed E-state index contributed by atoms with van der Waals surface area (Å²) in [7, 11) is 1.60. The number of hydrogen-bond donors (Lipinski definition) is 1. The number of carbonyl (C=O) groups is 1. The molecule has 0 aliphatic heterocycles. The van der Waals surface area contributed by atoms with Crippen molar-refractivity contribution in [3.8, 4) is 5.75 Å². The Bertz CT molecular complexity index is 581. The maximum atomic E-state index is 11.5. The fourth-order valence-electron chi connectivity index (χ4n) is 2.11. The van der Waals surface area contributed by atoms with E-state index < -0.39 is 11.9 Å². The van der Waals surface area contributed by atoms with E-state index in [1.54, 1.807) is 43.8 Å². The molecule has 1 unspecified atom stereocenters. The topological polar surface area (TPSA) is 59.4 Å². The number of carboxylic acids is 1. The number of aliphatic carboxylic acids is 1. The van der Waals surface area contributed by atoms with Gasteiger partial charge in [-0.05, 0) is 41.8 Å². The fourth-order valence-corrected chi connectivity index (χ4v) is 2.11. The number of ether oxygens (including phenoxy) is 1. The highest BCUT2D eigenvalue weighted by atomic mass is 16.5. The van der Waals surface area contributed by atoms with Crippen molar-refractivity contribution < 1.29 is 14.6 Å². The Kier molecular flexibility index (Phi) is 3.80. The number of rotatable bonds is 4. The third-order valence-electron chi connectivity index (χ3n) is 3.04. The van der Waals surface area contributed by atoms with Gasteiger partial charge < -0.3 is 9.84 Å². The summed E-state index contributed by atoms with van der Waals surface area (Å²) in [4.78, 5) is 15.4.